The van der Waals surface area contributed by atoms with Gasteiger partial charge in [0.05, 0.1) is 15.9 Å². The molecule has 0 saturated carbocycles. The van der Waals surface area contributed by atoms with Crippen molar-refractivity contribution in [2.75, 3.05) is 0 Å². The molecule has 0 radical (unpaired) electrons. The summed E-state index contributed by atoms with van der Waals surface area (Å²) in [5, 5.41) is 11.4. The Bertz CT molecular complexity index is 498. The van der Waals surface area contributed by atoms with Gasteiger partial charge in [-0.15, -0.1) is 0 Å². The molecular formula is C11H15NO3S. The van der Waals surface area contributed by atoms with Crippen molar-refractivity contribution in [3.05, 3.63) is 29.8 Å². The van der Waals surface area contributed by atoms with Gasteiger partial charge in [-0.3, -0.25) is 0 Å². The Morgan fingerprint density at radius 1 is 1.25 bits per heavy atom. The summed E-state index contributed by atoms with van der Waals surface area (Å²) >= 11 is 0. The maximum absolute atomic E-state index is 12.2. The second kappa shape index (κ2) is 4.25. The summed E-state index contributed by atoms with van der Waals surface area (Å²) in [4.78, 5) is 0.181. The molecule has 16 heavy (non-hydrogen) atoms. The van der Waals surface area contributed by atoms with Crippen LogP contribution in [-0.2, 0) is 9.84 Å². The summed E-state index contributed by atoms with van der Waals surface area (Å²) in [6, 6.07) is 6.45. The summed E-state index contributed by atoms with van der Waals surface area (Å²) in [5.41, 5.74) is 0.389. The number of sulfone groups is 1. The van der Waals surface area contributed by atoms with E-state index in [1.165, 1.54) is 6.07 Å². The fourth-order valence-corrected chi connectivity index (χ4v) is 2.57. The SMILES string of the molecule is CC(C)(C)S(=O)(=O)c1ccccc1C=NO. The van der Waals surface area contributed by atoms with E-state index in [0.29, 0.717) is 5.56 Å². The third kappa shape index (κ3) is 2.24. The Labute approximate surface area is 95.5 Å². The van der Waals surface area contributed by atoms with Crippen molar-refractivity contribution < 1.29 is 13.6 Å². The normalized spacial score (nSPS) is 13.2. The van der Waals surface area contributed by atoms with E-state index >= 15 is 0 Å². The van der Waals surface area contributed by atoms with E-state index in [-0.39, 0.29) is 4.90 Å². The lowest BCUT2D eigenvalue weighted by molar-refractivity contribution is 0.321. The van der Waals surface area contributed by atoms with Crippen LogP contribution >= 0.6 is 0 Å². The maximum Gasteiger partial charge on any atom is 0.183 e. The van der Waals surface area contributed by atoms with Crippen LogP contribution in [0.15, 0.2) is 34.3 Å². The van der Waals surface area contributed by atoms with E-state index in [1.54, 1.807) is 39.0 Å². The second-order valence-corrected chi connectivity index (χ2v) is 7.07. The molecular weight excluding hydrogens is 226 g/mol. The molecule has 88 valence electrons. The lowest BCUT2D eigenvalue weighted by Gasteiger charge is -2.20. The number of nitrogens with zero attached hydrogens (tertiary/aromatic N) is 1. The molecule has 0 fully saturated rings. The Kier molecular flexibility index (Phi) is 3.38. The van der Waals surface area contributed by atoms with Crippen molar-refractivity contribution in [1.29, 1.82) is 0 Å². The van der Waals surface area contributed by atoms with Gasteiger partial charge in [0.1, 0.15) is 0 Å². The van der Waals surface area contributed by atoms with Crippen LogP contribution in [0.25, 0.3) is 0 Å². The van der Waals surface area contributed by atoms with Gasteiger partial charge in [0.25, 0.3) is 0 Å². The van der Waals surface area contributed by atoms with Gasteiger partial charge in [-0.2, -0.15) is 0 Å². The van der Waals surface area contributed by atoms with E-state index < -0.39 is 14.6 Å². The van der Waals surface area contributed by atoms with Crippen LogP contribution in [-0.4, -0.2) is 24.6 Å². The molecule has 1 rings (SSSR count). The summed E-state index contributed by atoms with van der Waals surface area (Å²) in [6.45, 7) is 4.90. The fraction of sp³-hybridized carbons (Fsp3) is 0.364. The van der Waals surface area contributed by atoms with Gasteiger partial charge in [-0.05, 0) is 26.8 Å². The van der Waals surface area contributed by atoms with Crippen LogP contribution in [0, 0.1) is 0 Å². The molecule has 5 heteroatoms. The number of rotatable bonds is 2. The minimum Gasteiger partial charge on any atom is -0.411 e. The zero-order chi connectivity index (χ0) is 12.4. The van der Waals surface area contributed by atoms with Crippen LogP contribution in [0.4, 0.5) is 0 Å². The maximum atomic E-state index is 12.2. The van der Waals surface area contributed by atoms with Crippen molar-refractivity contribution in [1.82, 2.24) is 0 Å². The van der Waals surface area contributed by atoms with Gasteiger partial charge >= 0.3 is 0 Å². The number of hydrogen-bond acceptors (Lipinski definition) is 4. The first-order valence-corrected chi connectivity index (χ1v) is 6.30. The van der Waals surface area contributed by atoms with Crippen molar-refractivity contribution in [3.63, 3.8) is 0 Å². The zero-order valence-corrected chi connectivity index (χ0v) is 10.3. The van der Waals surface area contributed by atoms with Crippen molar-refractivity contribution in [2.45, 2.75) is 30.4 Å². The molecule has 0 aliphatic rings. The second-order valence-electron chi connectivity index (χ2n) is 4.40. The van der Waals surface area contributed by atoms with Gasteiger partial charge in [0, 0.05) is 5.56 Å². The molecule has 1 N–H and O–H groups in total. The molecule has 0 amide bonds. The number of hydrogen-bond donors (Lipinski definition) is 1. The van der Waals surface area contributed by atoms with Crippen molar-refractivity contribution >= 4 is 16.1 Å². The van der Waals surface area contributed by atoms with E-state index in [9.17, 15) is 8.42 Å². The Morgan fingerprint density at radius 2 is 1.81 bits per heavy atom. The molecule has 0 atom stereocenters. The highest BCUT2D eigenvalue weighted by atomic mass is 32.2. The predicted molar refractivity (Wildman–Crippen MR) is 62.8 cm³/mol. The lowest BCUT2D eigenvalue weighted by Crippen LogP contribution is -2.28. The third-order valence-electron chi connectivity index (χ3n) is 2.21. The molecule has 0 bridgehead atoms. The molecule has 1 aromatic carbocycles. The smallest absolute Gasteiger partial charge is 0.183 e. The first-order chi connectivity index (χ1) is 7.30. The highest BCUT2D eigenvalue weighted by molar-refractivity contribution is 7.92. The third-order valence-corrected chi connectivity index (χ3v) is 4.77. The van der Waals surface area contributed by atoms with Crippen molar-refractivity contribution in [3.8, 4) is 0 Å². The molecule has 0 spiro atoms. The molecule has 0 aliphatic carbocycles. The van der Waals surface area contributed by atoms with Crippen molar-refractivity contribution in [2.24, 2.45) is 5.16 Å². The Morgan fingerprint density at radius 3 is 2.31 bits per heavy atom. The summed E-state index contributed by atoms with van der Waals surface area (Å²) in [7, 11) is -3.43. The van der Waals surface area contributed by atoms with Crippen LogP contribution in [0.3, 0.4) is 0 Å². The quantitative estimate of drug-likeness (QED) is 0.489. The Balaban J connectivity index is 3.46. The number of oxime groups is 1. The molecule has 4 nitrogen and oxygen atoms in total. The molecule has 0 aromatic heterocycles. The first kappa shape index (κ1) is 12.7. The monoisotopic (exact) mass is 241 g/mol. The molecule has 0 heterocycles. The average molecular weight is 241 g/mol. The topological polar surface area (TPSA) is 66.7 Å². The standard InChI is InChI=1S/C11H15NO3S/c1-11(2,3)16(14,15)10-7-5-4-6-9(10)8-12-13/h4-8,13H,1-3H3. The van der Waals surface area contributed by atoms with Gasteiger partial charge in [0.15, 0.2) is 9.84 Å². The summed E-state index contributed by atoms with van der Waals surface area (Å²) < 4.78 is 23.5. The lowest BCUT2D eigenvalue weighted by atomic mass is 10.2. The van der Waals surface area contributed by atoms with Gasteiger partial charge in [0.2, 0.25) is 0 Å². The van der Waals surface area contributed by atoms with E-state index in [4.69, 9.17) is 5.21 Å². The van der Waals surface area contributed by atoms with Crippen LogP contribution in [0.2, 0.25) is 0 Å². The largest absolute Gasteiger partial charge is 0.411 e. The number of benzene rings is 1. The predicted octanol–water partition coefficient (Wildman–Crippen LogP) is 2.07. The molecule has 0 aliphatic heterocycles. The minimum atomic E-state index is -3.43. The van der Waals surface area contributed by atoms with E-state index in [0.717, 1.165) is 6.21 Å². The van der Waals surface area contributed by atoms with Gasteiger partial charge in [-0.25, -0.2) is 8.42 Å². The van der Waals surface area contributed by atoms with Gasteiger partial charge in [-0.1, -0.05) is 23.4 Å². The molecule has 1 aromatic rings. The molecule has 0 unspecified atom stereocenters. The van der Waals surface area contributed by atoms with Crippen LogP contribution in [0.1, 0.15) is 26.3 Å². The minimum absolute atomic E-state index is 0.181. The van der Waals surface area contributed by atoms with E-state index in [1.807, 2.05) is 0 Å². The zero-order valence-electron chi connectivity index (χ0n) is 9.51. The summed E-state index contributed by atoms with van der Waals surface area (Å²) in [5.74, 6) is 0. The fourth-order valence-electron chi connectivity index (χ4n) is 1.22. The Hall–Kier alpha value is -1.36. The van der Waals surface area contributed by atoms with E-state index in [2.05, 4.69) is 5.16 Å². The first-order valence-electron chi connectivity index (χ1n) is 4.82. The highest BCUT2D eigenvalue weighted by Gasteiger charge is 2.32. The summed E-state index contributed by atoms with van der Waals surface area (Å²) in [6.07, 6.45) is 1.12. The van der Waals surface area contributed by atoms with Gasteiger partial charge < -0.3 is 5.21 Å². The molecule has 0 saturated heterocycles. The van der Waals surface area contributed by atoms with Crippen LogP contribution < -0.4 is 0 Å². The highest BCUT2D eigenvalue weighted by Crippen LogP contribution is 2.26. The average Bonchev–Trinajstić information content (AvgIpc) is 2.17. The van der Waals surface area contributed by atoms with Crippen LogP contribution in [0.5, 0.6) is 0 Å².